The summed E-state index contributed by atoms with van der Waals surface area (Å²) < 4.78 is 6.94. The second-order valence-electron chi connectivity index (χ2n) is 4.82. The molecule has 19 heavy (non-hydrogen) atoms. The molecule has 0 radical (unpaired) electrons. The third kappa shape index (κ3) is 3.10. The van der Waals surface area contributed by atoms with Crippen molar-refractivity contribution in [2.45, 2.75) is 27.4 Å². The quantitative estimate of drug-likeness (QED) is 0.843. The van der Waals surface area contributed by atoms with E-state index in [0.29, 0.717) is 6.61 Å². The van der Waals surface area contributed by atoms with Crippen LogP contribution < -0.4 is 10.5 Å². The first-order valence-corrected chi connectivity index (χ1v) is 7.02. The number of anilines is 1. The molecule has 2 rings (SSSR count). The van der Waals surface area contributed by atoms with Crippen LogP contribution in [0.3, 0.4) is 0 Å². The van der Waals surface area contributed by atoms with Gasteiger partial charge in [0.05, 0.1) is 0 Å². The van der Waals surface area contributed by atoms with Gasteiger partial charge in [-0.15, -0.1) is 0 Å². The molecule has 0 aliphatic heterocycles. The highest BCUT2D eigenvalue weighted by Crippen LogP contribution is 2.28. The van der Waals surface area contributed by atoms with Crippen molar-refractivity contribution in [1.29, 1.82) is 0 Å². The Morgan fingerprint density at radius 3 is 2.32 bits per heavy atom. The number of hydrogen-bond acceptors (Lipinski definition) is 2. The van der Waals surface area contributed by atoms with Gasteiger partial charge in [0.25, 0.3) is 0 Å². The summed E-state index contributed by atoms with van der Waals surface area (Å²) in [4.78, 5) is 0. The zero-order valence-corrected chi connectivity index (χ0v) is 13.0. The third-order valence-corrected chi connectivity index (χ3v) is 3.86. The molecule has 0 spiro atoms. The number of ether oxygens (including phenoxy) is 1. The molecule has 0 aliphatic carbocycles. The van der Waals surface area contributed by atoms with Gasteiger partial charge >= 0.3 is 0 Å². The fraction of sp³-hybridized carbons (Fsp3) is 0.250. The third-order valence-electron chi connectivity index (χ3n) is 3.12. The summed E-state index contributed by atoms with van der Waals surface area (Å²) in [6.07, 6.45) is 0. The smallest absolute Gasteiger partial charge is 0.125 e. The van der Waals surface area contributed by atoms with E-state index in [-0.39, 0.29) is 0 Å². The van der Waals surface area contributed by atoms with Gasteiger partial charge in [-0.1, -0.05) is 39.7 Å². The van der Waals surface area contributed by atoms with E-state index in [1.165, 1.54) is 5.56 Å². The zero-order valence-electron chi connectivity index (χ0n) is 11.5. The summed E-state index contributed by atoms with van der Waals surface area (Å²) in [5.74, 6) is 0.945. The highest BCUT2D eigenvalue weighted by molar-refractivity contribution is 9.10. The van der Waals surface area contributed by atoms with Crippen LogP contribution in [0.25, 0.3) is 0 Å². The molecule has 2 aromatic carbocycles. The van der Waals surface area contributed by atoms with Gasteiger partial charge in [0.15, 0.2) is 0 Å². The van der Waals surface area contributed by atoms with Gasteiger partial charge < -0.3 is 10.5 Å². The van der Waals surface area contributed by atoms with E-state index in [1.807, 2.05) is 18.2 Å². The highest BCUT2D eigenvalue weighted by Gasteiger charge is 2.09. The second kappa shape index (κ2) is 5.66. The van der Waals surface area contributed by atoms with Crippen LogP contribution in [0.15, 0.2) is 34.8 Å². The molecule has 0 bridgehead atoms. The maximum Gasteiger partial charge on any atom is 0.125 e. The average molecular weight is 320 g/mol. The second-order valence-corrected chi connectivity index (χ2v) is 5.68. The predicted octanol–water partition coefficient (Wildman–Crippen LogP) is 4.54. The summed E-state index contributed by atoms with van der Waals surface area (Å²) >= 11 is 3.51. The minimum atomic E-state index is 0.470. The fourth-order valence-electron chi connectivity index (χ4n) is 2.27. The van der Waals surface area contributed by atoms with Crippen molar-refractivity contribution in [1.82, 2.24) is 0 Å². The molecule has 0 saturated carbocycles. The number of hydrogen-bond donors (Lipinski definition) is 1. The van der Waals surface area contributed by atoms with E-state index in [0.717, 1.165) is 32.6 Å². The summed E-state index contributed by atoms with van der Waals surface area (Å²) in [6.45, 7) is 6.70. The maximum absolute atomic E-state index is 5.98. The van der Waals surface area contributed by atoms with E-state index in [1.54, 1.807) is 0 Å². The molecule has 0 unspecified atom stereocenters. The molecular weight excluding hydrogens is 302 g/mol. The van der Waals surface area contributed by atoms with Gasteiger partial charge in [0.2, 0.25) is 0 Å². The summed E-state index contributed by atoms with van der Waals surface area (Å²) in [7, 11) is 0. The Kier molecular flexibility index (Phi) is 4.15. The Balaban J connectivity index is 2.24. The van der Waals surface area contributed by atoms with E-state index < -0.39 is 0 Å². The first kappa shape index (κ1) is 13.9. The molecule has 0 aliphatic rings. The van der Waals surface area contributed by atoms with Crippen LogP contribution >= 0.6 is 15.9 Å². The fourth-order valence-corrected chi connectivity index (χ4v) is 2.76. The van der Waals surface area contributed by atoms with Crippen LogP contribution in [-0.4, -0.2) is 0 Å². The summed E-state index contributed by atoms with van der Waals surface area (Å²) in [6, 6.07) is 10.0. The van der Waals surface area contributed by atoms with E-state index in [9.17, 15) is 0 Å². The molecule has 2 N–H and O–H groups in total. The van der Waals surface area contributed by atoms with Crippen LogP contribution in [0, 0.1) is 20.8 Å². The molecule has 2 aromatic rings. The van der Waals surface area contributed by atoms with Gasteiger partial charge in [0, 0.05) is 15.7 Å². The zero-order chi connectivity index (χ0) is 14.0. The first-order chi connectivity index (χ1) is 8.99. The first-order valence-electron chi connectivity index (χ1n) is 6.22. The summed E-state index contributed by atoms with van der Waals surface area (Å²) in [5.41, 5.74) is 11.3. The van der Waals surface area contributed by atoms with Crippen LogP contribution in [0.5, 0.6) is 5.75 Å². The number of aryl methyl sites for hydroxylation is 3. The van der Waals surface area contributed by atoms with Crippen molar-refractivity contribution < 1.29 is 4.74 Å². The summed E-state index contributed by atoms with van der Waals surface area (Å²) in [5, 5.41) is 0. The van der Waals surface area contributed by atoms with Crippen LogP contribution in [0.2, 0.25) is 0 Å². The normalized spacial score (nSPS) is 10.5. The van der Waals surface area contributed by atoms with Crippen molar-refractivity contribution in [2.24, 2.45) is 0 Å². The SMILES string of the molecule is Cc1cc(C)c(OCc2c(N)cccc2Br)c(C)c1. The number of halogens is 1. The lowest BCUT2D eigenvalue weighted by atomic mass is 10.1. The van der Waals surface area contributed by atoms with E-state index >= 15 is 0 Å². The minimum absolute atomic E-state index is 0.470. The van der Waals surface area contributed by atoms with Crippen molar-refractivity contribution in [3.05, 3.63) is 57.1 Å². The van der Waals surface area contributed by atoms with E-state index in [2.05, 4.69) is 48.8 Å². The van der Waals surface area contributed by atoms with Crippen LogP contribution in [-0.2, 0) is 6.61 Å². The maximum atomic E-state index is 5.98. The lowest BCUT2D eigenvalue weighted by Crippen LogP contribution is -2.03. The monoisotopic (exact) mass is 319 g/mol. The van der Waals surface area contributed by atoms with Gasteiger partial charge in [0.1, 0.15) is 12.4 Å². The molecule has 0 amide bonds. The highest BCUT2D eigenvalue weighted by atomic mass is 79.9. The molecule has 0 heterocycles. The lowest BCUT2D eigenvalue weighted by molar-refractivity contribution is 0.302. The van der Waals surface area contributed by atoms with Crippen molar-refractivity contribution in [2.75, 3.05) is 5.73 Å². The Bertz CT molecular complexity index is 564. The standard InChI is InChI=1S/C16H18BrNO/c1-10-7-11(2)16(12(3)8-10)19-9-13-14(17)5-4-6-15(13)18/h4-8H,9,18H2,1-3H3. The Morgan fingerprint density at radius 2 is 1.74 bits per heavy atom. The number of nitrogens with two attached hydrogens (primary N) is 1. The van der Waals surface area contributed by atoms with Gasteiger partial charge in [-0.05, 0) is 44.0 Å². The molecule has 0 aromatic heterocycles. The van der Waals surface area contributed by atoms with Gasteiger partial charge in [-0.2, -0.15) is 0 Å². The van der Waals surface area contributed by atoms with E-state index in [4.69, 9.17) is 10.5 Å². The molecule has 0 atom stereocenters. The van der Waals surface area contributed by atoms with Crippen LogP contribution in [0.1, 0.15) is 22.3 Å². The molecule has 0 fully saturated rings. The number of benzene rings is 2. The Hall–Kier alpha value is -1.48. The van der Waals surface area contributed by atoms with Gasteiger partial charge in [-0.25, -0.2) is 0 Å². The van der Waals surface area contributed by atoms with Crippen LogP contribution in [0.4, 0.5) is 5.69 Å². The Labute approximate surface area is 122 Å². The number of rotatable bonds is 3. The number of nitrogen functional groups attached to an aromatic ring is 1. The molecule has 2 nitrogen and oxygen atoms in total. The molecule has 100 valence electrons. The van der Waals surface area contributed by atoms with Crippen molar-refractivity contribution in [3.8, 4) is 5.75 Å². The molecular formula is C16H18BrNO. The molecule has 3 heteroatoms. The predicted molar refractivity (Wildman–Crippen MR) is 83.5 cm³/mol. The Morgan fingerprint density at radius 1 is 1.11 bits per heavy atom. The topological polar surface area (TPSA) is 35.2 Å². The molecule has 0 saturated heterocycles. The van der Waals surface area contributed by atoms with Gasteiger partial charge in [-0.3, -0.25) is 0 Å². The van der Waals surface area contributed by atoms with Crippen molar-refractivity contribution in [3.63, 3.8) is 0 Å². The van der Waals surface area contributed by atoms with Crippen molar-refractivity contribution >= 4 is 21.6 Å². The largest absolute Gasteiger partial charge is 0.488 e. The minimum Gasteiger partial charge on any atom is -0.488 e. The average Bonchev–Trinajstić information content (AvgIpc) is 2.31. The lowest BCUT2D eigenvalue weighted by Gasteiger charge is -2.15.